The van der Waals surface area contributed by atoms with Gasteiger partial charge in [-0.25, -0.2) is 0 Å². The third-order valence-electron chi connectivity index (χ3n) is 5.01. The molecule has 0 aromatic heterocycles. The van der Waals surface area contributed by atoms with Crippen LogP contribution in [0.5, 0.6) is 5.75 Å². The first-order valence-electron chi connectivity index (χ1n) is 10.9. The zero-order chi connectivity index (χ0) is 20.5. The number of aryl methyl sites for hydroxylation is 1. The molecule has 1 aromatic rings. The van der Waals surface area contributed by atoms with Gasteiger partial charge in [0.1, 0.15) is 5.75 Å². The Morgan fingerprint density at radius 3 is 2.29 bits per heavy atom. The summed E-state index contributed by atoms with van der Waals surface area (Å²) in [5.74, 6) is 0.456. The van der Waals surface area contributed by atoms with Gasteiger partial charge in [0.15, 0.2) is 0 Å². The molecule has 28 heavy (non-hydrogen) atoms. The number of ether oxygens (including phenoxy) is 2. The van der Waals surface area contributed by atoms with E-state index in [-0.39, 0.29) is 0 Å². The minimum atomic E-state index is -2.56. The Bertz CT molecular complexity index is 577. The molecule has 1 aliphatic heterocycles. The molecular formula is C22H38O5Si. The summed E-state index contributed by atoms with van der Waals surface area (Å²) in [4.78, 5) is 0. The van der Waals surface area contributed by atoms with Crippen LogP contribution < -0.4 is 4.74 Å². The molecule has 0 amide bonds. The normalized spacial score (nSPS) is 19.3. The first kappa shape index (κ1) is 23.4. The van der Waals surface area contributed by atoms with Gasteiger partial charge >= 0.3 is 8.80 Å². The molecule has 0 aliphatic carbocycles. The third-order valence-corrected chi connectivity index (χ3v) is 8.16. The Kier molecular flexibility index (Phi) is 9.43. The maximum Gasteiger partial charge on any atom is 0.500 e. The van der Waals surface area contributed by atoms with Crippen LogP contribution in [0.1, 0.15) is 71.4 Å². The van der Waals surface area contributed by atoms with E-state index in [1.54, 1.807) is 0 Å². The van der Waals surface area contributed by atoms with Gasteiger partial charge in [-0.3, -0.25) is 0 Å². The molecule has 0 saturated heterocycles. The van der Waals surface area contributed by atoms with Crippen LogP contribution in [0, 0.1) is 0 Å². The van der Waals surface area contributed by atoms with Gasteiger partial charge in [0.25, 0.3) is 0 Å². The Morgan fingerprint density at radius 2 is 1.68 bits per heavy atom. The predicted molar refractivity (Wildman–Crippen MR) is 114 cm³/mol. The molecule has 0 spiro atoms. The van der Waals surface area contributed by atoms with E-state index in [1.807, 2.05) is 27.7 Å². The molecule has 0 saturated carbocycles. The van der Waals surface area contributed by atoms with E-state index in [0.29, 0.717) is 26.4 Å². The van der Waals surface area contributed by atoms with Crippen molar-refractivity contribution < 1.29 is 22.8 Å². The van der Waals surface area contributed by atoms with Crippen molar-refractivity contribution in [3.05, 3.63) is 29.3 Å². The van der Waals surface area contributed by atoms with E-state index in [1.165, 1.54) is 5.56 Å². The fraction of sp³-hybridized carbons (Fsp3) is 0.727. The summed E-state index contributed by atoms with van der Waals surface area (Å²) < 4.78 is 30.0. The largest absolute Gasteiger partial charge is 0.500 e. The van der Waals surface area contributed by atoms with Crippen molar-refractivity contribution >= 4 is 8.80 Å². The van der Waals surface area contributed by atoms with Gasteiger partial charge in [0.05, 0.1) is 6.61 Å². The van der Waals surface area contributed by atoms with Crippen molar-refractivity contribution in [2.45, 2.75) is 85.2 Å². The van der Waals surface area contributed by atoms with Crippen LogP contribution in [0.15, 0.2) is 18.2 Å². The molecule has 6 heteroatoms. The van der Waals surface area contributed by atoms with Crippen molar-refractivity contribution in [3.8, 4) is 5.75 Å². The number of hydrogen-bond donors (Lipinski definition) is 0. The molecule has 5 nitrogen and oxygen atoms in total. The zero-order valence-corrected chi connectivity index (χ0v) is 19.3. The summed E-state index contributed by atoms with van der Waals surface area (Å²) in [5, 5.41) is 0. The molecule has 2 rings (SSSR count). The topological polar surface area (TPSA) is 46.2 Å². The van der Waals surface area contributed by atoms with Gasteiger partial charge in [-0.1, -0.05) is 19.4 Å². The molecule has 0 fully saturated rings. The molecule has 0 bridgehead atoms. The Morgan fingerprint density at radius 1 is 1.00 bits per heavy atom. The van der Waals surface area contributed by atoms with Crippen molar-refractivity contribution in [3.63, 3.8) is 0 Å². The molecule has 1 unspecified atom stereocenters. The van der Waals surface area contributed by atoms with Crippen LogP contribution in [-0.2, 0) is 31.0 Å². The Hall–Kier alpha value is -0.923. The predicted octanol–water partition coefficient (Wildman–Crippen LogP) is 5.48. The average Bonchev–Trinajstić information content (AvgIpc) is 2.67. The molecule has 1 aliphatic rings. The lowest BCUT2D eigenvalue weighted by molar-refractivity contribution is -0.198. The van der Waals surface area contributed by atoms with E-state index in [0.717, 1.165) is 49.5 Å². The van der Waals surface area contributed by atoms with Gasteiger partial charge in [-0.15, -0.1) is 0 Å². The summed E-state index contributed by atoms with van der Waals surface area (Å²) in [7, 11) is -2.56. The number of fused-ring (bicyclic) bond motifs is 1. The molecule has 1 heterocycles. The molecule has 1 aromatic carbocycles. The first-order chi connectivity index (χ1) is 13.5. The standard InChI is InChI=1S/C22H38O5Si/c1-6-10-15-22(5)23-18-20-17-19(13-14-21(20)27-22)12-11-16-28(24-7-2,25-8-3)26-9-4/h13-14,17H,6-12,15-16,18H2,1-5H3. The van der Waals surface area contributed by atoms with E-state index in [4.69, 9.17) is 22.8 Å². The molecule has 0 N–H and O–H groups in total. The number of benzene rings is 1. The summed E-state index contributed by atoms with van der Waals surface area (Å²) in [5.41, 5.74) is 2.42. The van der Waals surface area contributed by atoms with Crippen LogP contribution >= 0.6 is 0 Å². The minimum absolute atomic E-state index is 0.498. The fourth-order valence-corrected chi connectivity index (χ4v) is 6.24. The molecule has 0 radical (unpaired) electrons. The quantitative estimate of drug-likeness (QED) is 0.403. The number of unbranched alkanes of at least 4 members (excludes halogenated alkanes) is 1. The van der Waals surface area contributed by atoms with Gasteiger partial charge in [-0.05, 0) is 57.7 Å². The van der Waals surface area contributed by atoms with E-state index in [2.05, 4.69) is 25.1 Å². The van der Waals surface area contributed by atoms with E-state index < -0.39 is 14.6 Å². The SMILES string of the molecule is CCCCC1(C)OCc2cc(CCC[Si](OCC)(OCC)OCC)ccc2O1. The molecular weight excluding hydrogens is 372 g/mol. The number of hydrogen-bond acceptors (Lipinski definition) is 5. The molecule has 1 atom stereocenters. The zero-order valence-electron chi connectivity index (χ0n) is 18.3. The summed E-state index contributed by atoms with van der Waals surface area (Å²) >= 11 is 0. The van der Waals surface area contributed by atoms with Gasteiger partial charge in [0.2, 0.25) is 5.79 Å². The van der Waals surface area contributed by atoms with Crippen LogP contribution in [-0.4, -0.2) is 34.4 Å². The van der Waals surface area contributed by atoms with E-state index in [9.17, 15) is 0 Å². The van der Waals surface area contributed by atoms with E-state index >= 15 is 0 Å². The number of rotatable bonds is 13. The summed E-state index contributed by atoms with van der Waals surface area (Å²) in [6, 6.07) is 7.30. The van der Waals surface area contributed by atoms with Gasteiger partial charge in [-0.2, -0.15) is 0 Å². The monoisotopic (exact) mass is 410 g/mol. The fourth-order valence-electron chi connectivity index (χ4n) is 3.62. The second kappa shape index (κ2) is 11.3. The summed E-state index contributed by atoms with van der Waals surface area (Å²) in [6.45, 7) is 12.7. The van der Waals surface area contributed by atoms with Crippen LogP contribution in [0.2, 0.25) is 6.04 Å². The second-order valence-electron chi connectivity index (χ2n) is 7.41. The first-order valence-corrected chi connectivity index (χ1v) is 12.8. The maximum atomic E-state index is 6.16. The Balaban J connectivity index is 1.95. The van der Waals surface area contributed by atoms with Crippen molar-refractivity contribution in [2.24, 2.45) is 0 Å². The lowest BCUT2D eigenvalue weighted by atomic mass is 10.0. The molecule has 160 valence electrons. The maximum absolute atomic E-state index is 6.16. The second-order valence-corrected chi connectivity index (χ2v) is 10.1. The van der Waals surface area contributed by atoms with Gasteiger partial charge < -0.3 is 22.8 Å². The van der Waals surface area contributed by atoms with Crippen LogP contribution in [0.3, 0.4) is 0 Å². The average molecular weight is 411 g/mol. The summed E-state index contributed by atoms with van der Waals surface area (Å²) in [6.07, 6.45) is 5.10. The lowest BCUT2D eigenvalue weighted by Gasteiger charge is -2.36. The van der Waals surface area contributed by atoms with Gasteiger partial charge in [0, 0.05) is 44.8 Å². The van der Waals surface area contributed by atoms with Crippen LogP contribution in [0.4, 0.5) is 0 Å². The van der Waals surface area contributed by atoms with Crippen LogP contribution in [0.25, 0.3) is 0 Å². The lowest BCUT2D eigenvalue weighted by Crippen LogP contribution is -2.46. The van der Waals surface area contributed by atoms with Crippen molar-refractivity contribution in [1.82, 2.24) is 0 Å². The highest BCUT2D eigenvalue weighted by molar-refractivity contribution is 6.60. The smallest absolute Gasteiger partial charge is 0.462 e. The minimum Gasteiger partial charge on any atom is -0.462 e. The highest BCUT2D eigenvalue weighted by Gasteiger charge is 2.39. The van der Waals surface area contributed by atoms with Crippen molar-refractivity contribution in [2.75, 3.05) is 19.8 Å². The van der Waals surface area contributed by atoms with Crippen molar-refractivity contribution in [1.29, 1.82) is 0 Å². The highest BCUT2D eigenvalue weighted by atomic mass is 28.4. The Labute approximate surface area is 172 Å². The highest BCUT2D eigenvalue weighted by Crippen LogP contribution is 2.35. The third kappa shape index (κ3) is 6.56.